The van der Waals surface area contributed by atoms with Crippen molar-refractivity contribution in [2.24, 2.45) is 5.41 Å². The normalized spacial score (nSPS) is 12.4. The molecular formula is C10H16FN3O3S. The zero-order valence-electron chi connectivity index (χ0n) is 10.4. The second-order valence-electron chi connectivity index (χ2n) is 5.12. The van der Waals surface area contributed by atoms with Crippen LogP contribution in [0.25, 0.3) is 0 Å². The molecule has 1 aromatic heterocycles. The van der Waals surface area contributed by atoms with E-state index in [1.54, 1.807) is 0 Å². The number of aromatic amines is 1. The van der Waals surface area contributed by atoms with Gasteiger partial charge in [0.25, 0.3) is 5.91 Å². The number of aromatic nitrogens is 2. The highest BCUT2D eigenvalue weighted by Gasteiger charge is 2.19. The topological polar surface area (TPSA) is 91.9 Å². The summed E-state index contributed by atoms with van der Waals surface area (Å²) in [6.07, 6.45) is 0.761. The Bertz CT molecular complexity index is 531. The minimum absolute atomic E-state index is 0.0757. The van der Waals surface area contributed by atoms with Gasteiger partial charge in [0, 0.05) is 12.6 Å². The van der Waals surface area contributed by atoms with E-state index in [2.05, 4.69) is 10.4 Å². The molecule has 0 aliphatic carbocycles. The van der Waals surface area contributed by atoms with Crippen LogP contribution in [0.15, 0.2) is 11.1 Å². The van der Waals surface area contributed by atoms with E-state index in [9.17, 15) is 17.1 Å². The van der Waals surface area contributed by atoms with Gasteiger partial charge in [0.2, 0.25) is 0 Å². The van der Waals surface area contributed by atoms with E-state index in [4.69, 9.17) is 0 Å². The van der Waals surface area contributed by atoms with Gasteiger partial charge in [-0.2, -0.15) is 13.5 Å². The van der Waals surface area contributed by atoms with Gasteiger partial charge < -0.3 is 5.32 Å². The third-order valence-corrected chi connectivity index (χ3v) is 2.94. The number of amides is 1. The van der Waals surface area contributed by atoms with Crippen LogP contribution < -0.4 is 5.32 Å². The van der Waals surface area contributed by atoms with Crippen LogP contribution in [0.1, 0.15) is 37.7 Å². The van der Waals surface area contributed by atoms with Gasteiger partial charge >= 0.3 is 10.2 Å². The smallest absolute Gasteiger partial charge is 0.349 e. The molecule has 6 nitrogen and oxygen atoms in total. The molecule has 0 saturated carbocycles. The van der Waals surface area contributed by atoms with Crippen molar-refractivity contribution in [1.29, 1.82) is 0 Å². The zero-order chi connectivity index (χ0) is 14.0. The van der Waals surface area contributed by atoms with Crippen molar-refractivity contribution in [3.8, 4) is 0 Å². The summed E-state index contributed by atoms with van der Waals surface area (Å²) in [5.74, 6) is -0.537. The van der Waals surface area contributed by atoms with Gasteiger partial charge in [-0.05, 0) is 11.8 Å². The van der Waals surface area contributed by atoms with Crippen molar-refractivity contribution in [3.05, 3.63) is 11.8 Å². The molecule has 0 saturated heterocycles. The molecule has 18 heavy (non-hydrogen) atoms. The first-order valence-corrected chi connectivity index (χ1v) is 6.76. The van der Waals surface area contributed by atoms with Crippen molar-refractivity contribution in [1.82, 2.24) is 15.5 Å². The molecule has 0 bridgehead atoms. The van der Waals surface area contributed by atoms with E-state index in [0.29, 0.717) is 6.54 Å². The van der Waals surface area contributed by atoms with E-state index >= 15 is 0 Å². The molecule has 0 aliphatic rings. The molecule has 1 heterocycles. The van der Waals surface area contributed by atoms with Gasteiger partial charge in [0.05, 0.1) is 0 Å². The number of rotatable bonds is 4. The van der Waals surface area contributed by atoms with Crippen molar-refractivity contribution >= 4 is 16.1 Å². The Kier molecular flexibility index (Phi) is 4.10. The van der Waals surface area contributed by atoms with Crippen molar-refractivity contribution < 1.29 is 17.1 Å². The fourth-order valence-electron chi connectivity index (χ4n) is 1.19. The molecule has 2 N–H and O–H groups in total. The van der Waals surface area contributed by atoms with Crippen molar-refractivity contribution in [2.45, 2.75) is 32.2 Å². The highest BCUT2D eigenvalue weighted by atomic mass is 32.3. The molecule has 0 radical (unpaired) electrons. The highest BCUT2D eigenvalue weighted by molar-refractivity contribution is 7.86. The molecule has 8 heteroatoms. The van der Waals surface area contributed by atoms with E-state index < -0.39 is 21.2 Å². The second-order valence-corrected chi connectivity index (χ2v) is 6.44. The van der Waals surface area contributed by atoms with E-state index in [-0.39, 0.29) is 11.1 Å². The van der Waals surface area contributed by atoms with Crippen LogP contribution in [0.3, 0.4) is 0 Å². The fraction of sp³-hybridized carbons (Fsp3) is 0.600. The van der Waals surface area contributed by atoms with E-state index in [1.165, 1.54) is 0 Å². The summed E-state index contributed by atoms with van der Waals surface area (Å²) < 4.78 is 33.7. The van der Waals surface area contributed by atoms with Crippen LogP contribution in [0.2, 0.25) is 0 Å². The monoisotopic (exact) mass is 277 g/mol. The van der Waals surface area contributed by atoms with Crippen LogP contribution in [0.4, 0.5) is 3.89 Å². The first-order valence-electron chi connectivity index (χ1n) is 5.38. The van der Waals surface area contributed by atoms with Crippen LogP contribution in [-0.4, -0.2) is 31.1 Å². The summed E-state index contributed by atoms with van der Waals surface area (Å²) in [7, 11) is -4.86. The van der Waals surface area contributed by atoms with Gasteiger partial charge in [-0.3, -0.25) is 9.89 Å². The molecule has 1 amide bonds. The third-order valence-electron chi connectivity index (χ3n) is 2.21. The molecular weight excluding hydrogens is 261 g/mol. The lowest BCUT2D eigenvalue weighted by atomic mass is 9.92. The molecule has 0 aliphatic heterocycles. The molecule has 0 fully saturated rings. The van der Waals surface area contributed by atoms with Gasteiger partial charge in [0.1, 0.15) is 0 Å². The van der Waals surface area contributed by atoms with E-state index in [1.807, 2.05) is 25.9 Å². The minimum Gasteiger partial charge on any atom is -0.351 e. The number of H-pyrrole nitrogens is 1. The zero-order valence-corrected chi connectivity index (χ0v) is 11.3. The van der Waals surface area contributed by atoms with Crippen LogP contribution in [-0.2, 0) is 10.2 Å². The lowest BCUT2D eigenvalue weighted by Crippen LogP contribution is -2.27. The van der Waals surface area contributed by atoms with Crippen LogP contribution in [0.5, 0.6) is 0 Å². The summed E-state index contributed by atoms with van der Waals surface area (Å²) in [5, 5.41) is 7.26. The Balaban J connectivity index is 2.61. The van der Waals surface area contributed by atoms with Gasteiger partial charge in [-0.15, -0.1) is 0 Å². The summed E-state index contributed by atoms with van der Waals surface area (Å²) in [6.45, 7) is 6.53. The molecule has 0 atom stereocenters. The van der Waals surface area contributed by atoms with Gasteiger partial charge in [0.15, 0.2) is 10.7 Å². The predicted molar refractivity (Wildman–Crippen MR) is 63.3 cm³/mol. The van der Waals surface area contributed by atoms with Gasteiger partial charge in [-0.1, -0.05) is 24.7 Å². The van der Waals surface area contributed by atoms with E-state index in [0.717, 1.165) is 12.5 Å². The molecule has 0 unspecified atom stereocenters. The number of nitrogens with one attached hydrogen (secondary N) is 2. The second kappa shape index (κ2) is 5.05. The van der Waals surface area contributed by atoms with Gasteiger partial charge in [-0.25, -0.2) is 0 Å². The lowest BCUT2D eigenvalue weighted by Gasteiger charge is -2.17. The quantitative estimate of drug-likeness (QED) is 0.810. The number of carbonyl (C=O) groups is 1. The first-order chi connectivity index (χ1) is 8.09. The maximum atomic E-state index is 12.6. The summed E-state index contributed by atoms with van der Waals surface area (Å²) in [5.41, 5.74) is -0.0770. The summed E-state index contributed by atoms with van der Waals surface area (Å²) in [4.78, 5) is 11.6. The Morgan fingerprint density at radius 2 is 2.11 bits per heavy atom. The number of hydrogen-bond acceptors (Lipinski definition) is 4. The number of nitrogens with zero attached hydrogens (tertiary/aromatic N) is 1. The third kappa shape index (κ3) is 4.44. The van der Waals surface area contributed by atoms with Crippen LogP contribution >= 0.6 is 0 Å². The summed E-state index contributed by atoms with van der Waals surface area (Å²) in [6, 6.07) is 0.863. The predicted octanol–water partition coefficient (Wildman–Crippen LogP) is 1.23. The number of carbonyl (C=O) groups excluding carboxylic acids is 1. The molecule has 0 aromatic carbocycles. The maximum absolute atomic E-state index is 12.6. The molecule has 1 rings (SSSR count). The van der Waals surface area contributed by atoms with Crippen LogP contribution in [0, 0.1) is 5.41 Å². The largest absolute Gasteiger partial charge is 0.351 e. The highest BCUT2D eigenvalue weighted by Crippen LogP contribution is 2.17. The lowest BCUT2D eigenvalue weighted by molar-refractivity contribution is 0.0944. The maximum Gasteiger partial charge on any atom is 0.349 e. The summed E-state index contributed by atoms with van der Waals surface area (Å²) >= 11 is 0. The number of hydrogen-bond donors (Lipinski definition) is 2. The Labute approximate surface area is 105 Å². The Morgan fingerprint density at radius 1 is 1.50 bits per heavy atom. The number of halogens is 1. The Morgan fingerprint density at radius 3 is 2.56 bits per heavy atom. The van der Waals surface area contributed by atoms with Crippen molar-refractivity contribution in [3.63, 3.8) is 0 Å². The van der Waals surface area contributed by atoms with Crippen molar-refractivity contribution in [2.75, 3.05) is 6.54 Å². The average molecular weight is 277 g/mol. The molecule has 0 spiro atoms. The average Bonchev–Trinajstić information content (AvgIpc) is 2.62. The SMILES string of the molecule is CC(C)(C)CCNC(=O)c1cc(S(=O)(=O)F)[nH]n1. The fourth-order valence-corrected chi connectivity index (χ4v) is 1.59. The Hall–Kier alpha value is -1.44. The first kappa shape index (κ1) is 14.6. The minimum atomic E-state index is -4.86. The molecule has 1 aromatic rings. The standard InChI is InChI=1S/C10H16FN3O3S/c1-10(2,3)4-5-12-9(15)7-6-8(14-13-7)18(11,16)17/h6H,4-5H2,1-3H3,(H,12,15)(H,13,14). The molecule has 102 valence electrons.